The summed E-state index contributed by atoms with van der Waals surface area (Å²) in [6.45, 7) is 6.97. The molecule has 1 aromatic heterocycles. The fourth-order valence-corrected chi connectivity index (χ4v) is 3.59. The number of sulfonamides is 1. The number of aromatic nitrogens is 2. The number of aryl methyl sites for hydroxylation is 2. The summed E-state index contributed by atoms with van der Waals surface area (Å²) in [6.07, 6.45) is 5.08. The van der Waals surface area contributed by atoms with Crippen LogP contribution in [0.4, 0.5) is 0 Å². The fraction of sp³-hybridized carbons (Fsp3) is 0.368. The number of carbonyl (C=O) groups is 1. The Morgan fingerprint density at radius 3 is 2.70 bits per heavy atom. The first-order chi connectivity index (χ1) is 12.7. The van der Waals surface area contributed by atoms with Gasteiger partial charge in [-0.05, 0) is 44.0 Å². The van der Waals surface area contributed by atoms with Crippen molar-refractivity contribution in [2.24, 2.45) is 5.92 Å². The van der Waals surface area contributed by atoms with Crippen molar-refractivity contribution in [2.45, 2.75) is 32.2 Å². The van der Waals surface area contributed by atoms with E-state index in [0.717, 1.165) is 11.4 Å². The molecule has 8 heteroatoms. The molecule has 0 saturated heterocycles. The number of amides is 1. The number of rotatable bonds is 8. The maximum absolute atomic E-state index is 12.4. The largest absolute Gasteiger partial charge is 0.352 e. The fourth-order valence-electron chi connectivity index (χ4n) is 2.61. The van der Waals surface area contributed by atoms with E-state index < -0.39 is 10.0 Å². The Morgan fingerprint density at radius 2 is 2.07 bits per heavy atom. The molecule has 2 N–H and O–H groups in total. The lowest BCUT2D eigenvalue weighted by Crippen LogP contribution is -2.30. The number of benzene rings is 1. The van der Waals surface area contributed by atoms with Gasteiger partial charge < -0.3 is 5.32 Å². The lowest BCUT2D eigenvalue weighted by molar-refractivity contribution is 0.0946. The van der Waals surface area contributed by atoms with Crippen LogP contribution in [-0.2, 0) is 16.6 Å². The summed E-state index contributed by atoms with van der Waals surface area (Å²) in [4.78, 5) is 12.4. The van der Waals surface area contributed by atoms with E-state index in [1.807, 2.05) is 31.5 Å². The summed E-state index contributed by atoms with van der Waals surface area (Å²) in [7, 11) is -3.74. The number of carbonyl (C=O) groups excluding carboxylic acids is 1. The van der Waals surface area contributed by atoms with E-state index in [2.05, 4.69) is 21.1 Å². The molecule has 0 aliphatic rings. The number of nitrogens with zero attached hydrogens (tertiary/aromatic N) is 2. The number of terminal acetylenes is 1. The van der Waals surface area contributed by atoms with Crippen molar-refractivity contribution in [3.8, 4) is 12.3 Å². The van der Waals surface area contributed by atoms with Crippen molar-refractivity contribution in [3.05, 3.63) is 47.3 Å². The maximum atomic E-state index is 12.4. The molecule has 144 valence electrons. The monoisotopic (exact) mass is 388 g/mol. The predicted octanol–water partition coefficient (Wildman–Crippen LogP) is 1.48. The van der Waals surface area contributed by atoms with Gasteiger partial charge in [0.15, 0.2) is 0 Å². The molecule has 0 aliphatic carbocycles. The van der Waals surface area contributed by atoms with E-state index in [9.17, 15) is 13.2 Å². The summed E-state index contributed by atoms with van der Waals surface area (Å²) < 4.78 is 28.4. The Balaban J connectivity index is 1.99. The Labute approximate surface area is 160 Å². The van der Waals surface area contributed by atoms with Crippen molar-refractivity contribution in [3.63, 3.8) is 0 Å². The van der Waals surface area contributed by atoms with E-state index in [1.165, 1.54) is 18.2 Å². The standard InChI is InChI=1S/C19H24N4O3S/c1-5-9-21-27(25,26)18-8-6-7-17(11-18)19(24)20-12-14(2)13-23-16(4)10-15(3)22-23/h1,6-8,10-11,14,21H,9,12-13H2,2-4H3,(H,20,24). The van der Waals surface area contributed by atoms with Crippen LogP contribution in [-0.4, -0.2) is 37.2 Å². The van der Waals surface area contributed by atoms with Gasteiger partial charge in [-0.25, -0.2) is 8.42 Å². The van der Waals surface area contributed by atoms with Crippen molar-refractivity contribution >= 4 is 15.9 Å². The second kappa shape index (κ2) is 8.84. The molecule has 2 aromatic rings. The van der Waals surface area contributed by atoms with E-state index in [4.69, 9.17) is 6.42 Å². The van der Waals surface area contributed by atoms with E-state index >= 15 is 0 Å². The van der Waals surface area contributed by atoms with Gasteiger partial charge in [0.05, 0.1) is 17.1 Å². The van der Waals surface area contributed by atoms with Gasteiger partial charge in [-0.1, -0.05) is 18.9 Å². The minimum atomic E-state index is -3.74. The zero-order chi connectivity index (χ0) is 20.0. The molecule has 1 amide bonds. The second-order valence-electron chi connectivity index (χ2n) is 6.48. The summed E-state index contributed by atoms with van der Waals surface area (Å²) in [5.41, 5.74) is 2.31. The summed E-state index contributed by atoms with van der Waals surface area (Å²) >= 11 is 0. The molecule has 0 bridgehead atoms. The van der Waals surface area contributed by atoms with Gasteiger partial charge in [0.2, 0.25) is 10.0 Å². The van der Waals surface area contributed by atoms with Crippen LogP contribution >= 0.6 is 0 Å². The van der Waals surface area contributed by atoms with Crippen LogP contribution in [0, 0.1) is 32.1 Å². The predicted molar refractivity (Wildman–Crippen MR) is 104 cm³/mol. The van der Waals surface area contributed by atoms with E-state index in [-0.39, 0.29) is 28.8 Å². The Morgan fingerprint density at radius 1 is 1.33 bits per heavy atom. The normalized spacial score (nSPS) is 12.4. The highest BCUT2D eigenvalue weighted by molar-refractivity contribution is 7.89. The SMILES string of the molecule is C#CCNS(=O)(=O)c1cccc(C(=O)NCC(C)Cn2nc(C)cc2C)c1. The average Bonchev–Trinajstić information content (AvgIpc) is 2.95. The summed E-state index contributed by atoms with van der Waals surface area (Å²) in [6, 6.07) is 7.85. The first kappa shape index (κ1) is 20.7. The molecule has 0 fully saturated rings. The van der Waals surface area contributed by atoms with Gasteiger partial charge in [-0.2, -0.15) is 9.82 Å². The minimum absolute atomic E-state index is 0.00101. The number of hydrogen-bond donors (Lipinski definition) is 2. The molecule has 1 aromatic carbocycles. The van der Waals surface area contributed by atoms with Gasteiger partial charge in [0.1, 0.15) is 0 Å². The van der Waals surface area contributed by atoms with Gasteiger partial charge >= 0.3 is 0 Å². The van der Waals surface area contributed by atoms with Crippen LogP contribution in [0.3, 0.4) is 0 Å². The third-order valence-corrected chi connectivity index (χ3v) is 5.37. The molecule has 7 nitrogen and oxygen atoms in total. The van der Waals surface area contributed by atoms with Crippen LogP contribution in [0.25, 0.3) is 0 Å². The molecule has 0 saturated carbocycles. The zero-order valence-electron chi connectivity index (χ0n) is 15.7. The first-order valence-electron chi connectivity index (χ1n) is 8.55. The second-order valence-corrected chi connectivity index (χ2v) is 8.25. The molecule has 1 atom stereocenters. The molecule has 0 spiro atoms. The third kappa shape index (κ3) is 5.67. The van der Waals surface area contributed by atoms with Crippen LogP contribution in [0.15, 0.2) is 35.2 Å². The highest BCUT2D eigenvalue weighted by atomic mass is 32.2. The summed E-state index contributed by atoms with van der Waals surface area (Å²) in [5.74, 6) is 2.05. The molecular weight excluding hydrogens is 364 g/mol. The number of hydrogen-bond acceptors (Lipinski definition) is 4. The Kier molecular flexibility index (Phi) is 6.77. The van der Waals surface area contributed by atoms with Crippen molar-refractivity contribution in [1.82, 2.24) is 19.8 Å². The zero-order valence-corrected chi connectivity index (χ0v) is 16.5. The van der Waals surface area contributed by atoms with Crippen molar-refractivity contribution in [1.29, 1.82) is 0 Å². The smallest absolute Gasteiger partial charge is 0.251 e. The minimum Gasteiger partial charge on any atom is -0.352 e. The maximum Gasteiger partial charge on any atom is 0.251 e. The highest BCUT2D eigenvalue weighted by Crippen LogP contribution is 2.12. The van der Waals surface area contributed by atoms with Gasteiger partial charge in [0.25, 0.3) is 5.91 Å². The molecule has 27 heavy (non-hydrogen) atoms. The van der Waals surface area contributed by atoms with E-state index in [0.29, 0.717) is 13.1 Å². The van der Waals surface area contributed by atoms with Gasteiger partial charge in [-0.3, -0.25) is 9.48 Å². The van der Waals surface area contributed by atoms with Crippen molar-refractivity contribution in [2.75, 3.05) is 13.1 Å². The lowest BCUT2D eigenvalue weighted by atomic mass is 10.1. The van der Waals surface area contributed by atoms with Gasteiger partial charge in [0, 0.05) is 24.3 Å². The number of nitrogens with one attached hydrogen (secondary N) is 2. The molecule has 2 rings (SSSR count). The molecule has 1 heterocycles. The van der Waals surface area contributed by atoms with Gasteiger partial charge in [-0.15, -0.1) is 6.42 Å². The van der Waals surface area contributed by atoms with Crippen LogP contribution in [0.1, 0.15) is 28.7 Å². The molecular formula is C19H24N4O3S. The molecule has 0 radical (unpaired) electrons. The molecule has 1 unspecified atom stereocenters. The van der Waals surface area contributed by atoms with Crippen LogP contribution in [0.2, 0.25) is 0 Å². The van der Waals surface area contributed by atoms with E-state index in [1.54, 1.807) is 6.07 Å². The highest BCUT2D eigenvalue weighted by Gasteiger charge is 2.16. The third-order valence-electron chi connectivity index (χ3n) is 3.97. The topological polar surface area (TPSA) is 93.1 Å². The van der Waals surface area contributed by atoms with Crippen molar-refractivity contribution < 1.29 is 13.2 Å². The average molecular weight is 388 g/mol. The van der Waals surface area contributed by atoms with Crippen LogP contribution < -0.4 is 10.0 Å². The first-order valence-corrected chi connectivity index (χ1v) is 10.0. The Bertz CT molecular complexity index is 958. The molecule has 0 aliphatic heterocycles. The summed E-state index contributed by atoms with van der Waals surface area (Å²) in [5, 5.41) is 7.25. The van der Waals surface area contributed by atoms with Crippen LogP contribution in [0.5, 0.6) is 0 Å². The lowest BCUT2D eigenvalue weighted by Gasteiger charge is -2.14. The Hall–Kier alpha value is -2.63. The quantitative estimate of drug-likeness (QED) is 0.670.